The SMILES string of the molecule is COC(=O)c1ccc(N[C@@H](c2ccccc2)c2nccn2C)nn1. The number of nitrogens with one attached hydrogen (secondary N) is 1. The Kier molecular flexibility index (Phi) is 4.51. The molecule has 7 nitrogen and oxygen atoms in total. The summed E-state index contributed by atoms with van der Waals surface area (Å²) >= 11 is 0. The highest BCUT2D eigenvalue weighted by atomic mass is 16.5. The maximum Gasteiger partial charge on any atom is 0.358 e. The monoisotopic (exact) mass is 323 g/mol. The van der Waals surface area contributed by atoms with Gasteiger partial charge in [-0.3, -0.25) is 0 Å². The average molecular weight is 323 g/mol. The fraction of sp³-hybridized carbons (Fsp3) is 0.176. The number of hydrogen-bond donors (Lipinski definition) is 1. The lowest BCUT2D eigenvalue weighted by molar-refractivity contribution is 0.0593. The van der Waals surface area contributed by atoms with Crippen LogP contribution in [-0.2, 0) is 11.8 Å². The highest BCUT2D eigenvalue weighted by Gasteiger charge is 2.19. The molecule has 0 saturated carbocycles. The number of methoxy groups -OCH3 is 1. The zero-order valence-corrected chi connectivity index (χ0v) is 13.4. The van der Waals surface area contributed by atoms with Crippen LogP contribution in [0.4, 0.5) is 5.82 Å². The first-order valence-electron chi connectivity index (χ1n) is 7.40. The molecule has 0 fully saturated rings. The number of hydrogen-bond acceptors (Lipinski definition) is 6. The van der Waals surface area contributed by atoms with Crippen molar-refractivity contribution >= 4 is 11.8 Å². The Bertz CT molecular complexity index is 815. The molecule has 0 unspecified atom stereocenters. The molecule has 0 bridgehead atoms. The summed E-state index contributed by atoms with van der Waals surface area (Å²) in [5, 5.41) is 11.3. The number of nitrogens with zero attached hydrogens (tertiary/aromatic N) is 4. The van der Waals surface area contributed by atoms with Gasteiger partial charge in [-0.15, -0.1) is 10.2 Å². The van der Waals surface area contributed by atoms with Crippen LogP contribution in [0, 0.1) is 0 Å². The second-order valence-corrected chi connectivity index (χ2v) is 5.18. The molecule has 0 spiro atoms. The molecular weight excluding hydrogens is 306 g/mol. The van der Waals surface area contributed by atoms with Crippen molar-refractivity contribution in [2.45, 2.75) is 6.04 Å². The number of esters is 1. The van der Waals surface area contributed by atoms with E-state index >= 15 is 0 Å². The van der Waals surface area contributed by atoms with Gasteiger partial charge in [-0.05, 0) is 17.7 Å². The third kappa shape index (κ3) is 3.24. The van der Waals surface area contributed by atoms with Crippen LogP contribution in [0.2, 0.25) is 0 Å². The number of benzene rings is 1. The van der Waals surface area contributed by atoms with E-state index in [0.717, 1.165) is 11.4 Å². The maximum absolute atomic E-state index is 11.4. The van der Waals surface area contributed by atoms with E-state index in [4.69, 9.17) is 0 Å². The second kappa shape index (κ2) is 6.91. The molecule has 122 valence electrons. The van der Waals surface area contributed by atoms with Crippen molar-refractivity contribution in [2.75, 3.05) is 12.4 Å². The fourth-order valence-corrected chi connectivity index (χ4v) is 2.37. The van der Waals surface area contributed by atoms with Gasteiger partial charge in [0, 0.05) is 19.4 Å². The van der Waals surface area contributed by atoms with Crippen LogP contribution in [0.15, 0.2) is 54.9 Å². The van der Waals surface area contributed by atoms with E-state index in [2.05, 4.69) is 25.2 Å². The lowest BCUT2D eigenvalue weighted by atomic mass is 10.1. The molecule has 0 saturated heterocycles. The van der Waals surface area contributed by atoms with Crippen LogP contribution in [0.25, 0.3) is 0 Å². The van der Waals surface area contributed by atoms with Crippen molar-refractivity contribution in [3.8, 4) is 0 Å². The zero-order valence-electron chi connectivity index (χ0n) is 13.4. The Morgan fingerprint density at radius 2 is 1.96 bits per heavy atom. The molecule has 1 atom stereocenters. The maximum atomic E-state index is 11.4. The molecule has 3 aromatic rings. The number of aromatic nitrogens is 4. The van der Waals surface area contributed by atoms with Gasteiger partial charge in [0.05, 0.1) is 7.11 Å². The average Bonchev–Trinajstić information content (AvgIpc) is 3.06. The molecule has 3 rings (SSSR count). The summed E-state index contributed by atoms with van der Waals surface area (Å²) in [5.74, 6) is 0.873. The van der Waals surface area contributed by atoms with Gasteiger partial charge in [0.15, 0.2) is 5.69 Å². The van der Waals surface area contributed by atoms with Crippen molar-refractivity contribution < 1.29 is 9.53 Å². The van der Waals surface area contributed by atoms with Crippen LogP contribution in [-0.4, -0.2) is 32.8 Å². The van der Waals surface area contributed by atoms with Gasteiger partial charge < -0.3 is 14.6 Å². The third-order valence-corrected chi connectivity index (χ3v) is 3.60. The number of carbonyl (C=O) groups excluding carboxylic acids is 1. The highest BCUT2D eigenvalue weighted by Crippen LogP contribution is 2.24. The van der Waals surface area contributed by atoms with Gasteiger partial charge in [0.25, 0.3) is 0 Å². The molecule has 24 heavy (non-hydrogen) atoms. The highest BCUT2D eigenvalue weighted by molar-refractivity contribution is 5.86. The van der Waals surface area contributed by atoms with E-state index in [1.165, 1.54) is 7.11 Å². The molecule has 7 heteroatoms. The van der Waals surface area contributed by atoms with Crippen molar-refractivity contribution in [1.82, 2.24) is 19.7 Å². The quantitative estimate of drug-likeness (QED) is 0.725. The lowest BCUT2D eigenvalue weighted by Crippen LogP contribution is -2.18. The van der Waals surface area contributed by atoms with Gasteiger partial charge in [-0.1, -0.05) is 30.3 Å². The van der Waals surface area contributed by atoms with Gasteiger partial charge in [0.1, 0.15) is 17.7 Å². The summed E-state index contributed by atoms with van der Waals surface area (Å²) in [5.41, 5.74) is 1.21. The van der Waals surface area contributed by atoms with E-state index in [1.54, 1.807) is 18.3 Å². The van der Waals surface area contributed by atoms with Crippen molar-refractivity contribution in [3.63, 3.8) is 0 Å². The smallest absolute Gasteiger partial charge is 0.358 e. The topological polar surface area (TPSA) is 81.9 Å². The van der Waals surface area contributed by atoms with E-state index in [0.29, 0.717) is 5.82 Å². The van der Waals surface area contributed by atoms with Gasteiger partial charge >= 0.3 is 5.97 Å². The minimum absolute atomic E-state index is 0.163. The predicted octanol–water partition coefficient (Wildman–Crippen LogP) is 2.20. The summed E-state index contributed by atoms with van der Waals surface area (Å²) < 4.78 is 6.57. The molecule has 1 aromatic carbocycles. The molecular formula is C17H17N5O2. The van der Waals surface area contributed by atoms with Crippen molar-refractivity contribution in [2.24, 2.45) is 7.05 Å². The van der Waals surface area contributed by atoms with Crippen LogP contribution in [0.3, 0.4) is 0 Å². The number of carbonyl (C=O) groups is 1. The largest absolute Gasteiger partial charge is 0.464 e. The van der Waals surface area contributed by atoms with Crippen LogP contribution in [0.5, 0.6) is 0 Å². The molecule has 0 amide bonds. The molecule has 1 N–H and O–H groups in total. The fourth-order valence-electron chi connectivity index (χ4n) is 2.37. The summed E-state index contributed by atoms with van der Waals surface area (Å²) in [6.07, 6.45) is 3.64. The first-order valence-corrected chi connectivity index (χ1v) is 7.40. The van der Waals surface area contributed by atoms with E-state index in [-0.39, 0.29) is 11.7 Å². The van der Waals surface area contributed by atoms with E-state index in [1.807, 2.05) is 48.1 Å². The van der Waals surface area contributed by atoms with Gasteiger partial charge in [-0.25, -0.2) is 9.78 Å². The van der Waals surface area contributed by atoms with E-state index < -0.39 is 5.97 Å². The van der Waals surface area contributed by atoms with Crippen LogP contribution < -0.4 is 5.32 Å². The number of ether oxygens (including phenoxy) is 1. The number of aryl methyl sites for hydroxylation is 1. The Morgan fingerprint density at radius 3 is 2.54 bits per heavy atom. The number of rotatable bonds is 5. The van der Waals surface area contributed by atoms with Crippen molar-refractivity contribution in [3.05, 3.63) is 71.9 Å². The number of imidazole rings is 1. The van der Waals surface area contributed by atoms with Gasteiger partial charge in [0.2, 0.25) is 0 Å². The number of anilines is 1. The first kappa shape index (κ1) is 15.7. The second-order valence-electron chi connectivity index (χ2n) is 5.18. The minimum atomic E-state index is -0.516. The molecule has 2 aromatic heterocycles. The summed E-state index contributed by atoms with van der Waals surface area (Å²) in [6, 6.07) is 13.0. The minimum Gasteiger partial charge on any atom is -0.464 e. The Morgan fingerprint density at radius 1 is 1.17 bits per heavy atom. The first-order chi connectivity index (χ1) is 11.7. The summed E-state index contributed by atoms with van der Waals surface area (Å²) in [6.45, 7) is 0. The molecule has 2 heterocycles. The normalized spacial score (nSPS) is 11.8. The molecule has 0 aliphatic heterocycles. The molecule has 0 radical (unpaired) electrons. The van der Waals surface area contributed by atoms with Crippen molar-refractivity contribution in [1.29, 1.82) is 0 Å². The Labute approximate surface area is 139 Å². The predicted molar refractivity (Wildman–Crippen MR) is 88.5 cm³/mol. The summed E-state index contributed by atoms with van der Waals surface area (Å²) in [4.78, 5) is 15.9. The molecule has 0 aliphatic rings. The van der Waals surface area contributed by atoms with Crippen LogP contribution >= 0.6 is 0 Å². The van der Waals surface area contributed by atoms with E-state index in [9.17, 15) is 4.79 Å². The Balaban J connectivity index is 1.90. The summed E-state index contributed by atoms with van der Waals surface area (Å²) in [7, 11) is 3.24. The van der Waals surface area contributed by atoms with Gasteiger partial charge in [-0.2, -0.15) is 0 Å². The standard InChI is InChI=1S/C17H17N5O2/c1-22-11-10-18-16(22)15(12-6-4-3-5-7-12)19-14-9-8-13(20-21-14)17(23)24-2/h3-11,15H,1-2H3,(H,19,21)/t15-/m0/s1. The zero-order chi connectivity index (χ0) is 16.9. The van der Waals surface area contributed by atoms with Crippen LogP contribution in [0.1, 0.15) is 27.9 Å². The molecule has 0 aliphatic carbocycles. The Hall–Kier alpha value is -3.22. The lowest BCUT2D eigenvalue weighted by Gasteiger charge is -2.19. The third-order valence-electron chi connectivity index (χ3n) is 3.60.